The molecule has 0 N–H and O–H groups in total. The number of hydrogen-bond acceptors (Lipinski definition) is 5. The van der Waals surface area contributed by atoms with Crippen LogP contribution in [-0.2, 0) is 0 Å². The number of aromatic nitrogens is 1. The Morgan fingerprint density at radius 3 is 2.21 bits per heavy atom. The fourth-order valence-electron chi connectivity index (χ4n) is 2.92. The van der Waals surface area contributed by atoms with E-state index in [0.29, 0.717) is 21.9 Å². The van der Waals surface area contributed by atoms with Gasteiger partial charge in [-0.3, -0.25) is 24.7 Å². The van der Waals surface area contributed by atoms with E-state index in [9.17, 15) is 19.7 Å². The summed E-state index contributed by atoms with van der Waals surface area (Å²) in [4.78, 5) is 40.9. The zero-order chi connectivity index (χ0) is 16.8. The van der Waals surface area contributed by atoms with E-state index in [0.717, 1.165) is 4.90 Å². The van der Waals surface area contributed by atoms with Gasteiger partial charge < -0.3 is 0 Å². The second-order valence-corrected chi connectivity index (χ2v) is 5.27. The van der Waals surface area contributed by atoms with Gasteiger partial charge in [0.2, 0.25) is 0 Å². The Bertz CT molecular complexity index is 1010. The lowest BCUT2D eigenvalue weighted by atomic mass is 10.1. The highest BCUT2D eigenvalue weighted by molar-refractivity contribution is 6.36. The van der Waals surface area contributed by atoms with Crippen LogP contribution in [0.15, 0.2) is 54.9 Å². The maximum Gasteiger partial charge on any atom is 0.277 e. The summed E-state index contributed by atoms with van der Waals surface area (Å²) < 4.78 is 0. The number of carbonyl (C=O) groups is 2. The van der Waals surface area contributed by atoms with Gasteiger partial charge in [-0.1, -0.05) is 12.1 Å². The number of nitro benzene ring substituents is 1. The Morgan fingerprint density at radius 2 is 1.58 bits per heavy atom. The van der Waals surface area contributed by atoms with Crippen molar-refractivity contribution in [2.75, 3.05) is 4.90 Å². The number of rotatable bonds is 2. The fraction of sp³-hybridized carbons (Fsp3) is 0. The number of non-ortho nitro benzene ring substituents is 1. The van der Waals surface area contributed by atoms with Crippen molar-refractivity contribution in [1.82, 2.24) is 4.98 Å². The van der Waals surface area contributed by atoms with Gasteiger partial charge in [0.15, 0.2) is 0 Å². The quantitative estimate of drug-likeness (QED) is 0.411. The molecule has 0 saturated heterocycles. The molecule has 0 unspecified atom stereocenters. The van der Waals surface area contributed by atoms with Crippen LogP contribution in [0.3, 0.4) is 0 Å². The zero-order valence-electron chi connectivity index (χ0n) is 12.2. The van der Waals surface area contributed by atoms with E-state index in [4.69, 9.17) is 0 Å². The molecule has 7 nitrogen and oxygen atoms in total. The van der Waals surface area contributed by atoms with Gasteiger partial charge in [0.1, 0.15) is 0 Å². The van der Waals surface area contributed by atoms with Crippen LogP contribution in [0, 0.1) is 10.1 Å². The number of benzene rings is 2. The minimum atomic E-state index is -0.505. The maximum absolute atomic E-state index is 12.6. The lowest BCUT2D eigenvalue weighted by Crippen LogP contribution is -2.29. The van der Waals surface area contributed by atoms with Gasteiger partial charge in [-0.15, -0.1) is 0 Å². The molecule has 1 aromatic heterocycles. The molecule has 1 aliphatic heterocycles. The van der Waals surface area contributed by atoms with E-state index in [-0.39, 0.29) is 11.4 Å². The largest absolute Gasteiger partial charge is 0.277 e. The molecule has 0 fully saturated rings. The van der Waals surface area contributed by atoms with Crippen molar-refractivity contribution in [1.29, 1.82) is 0 Å². The van der Waals surface area contributed by atoms with Crippen molar-refractivity contribution in [3.05, 3.63) is 76.1 Å². The van der Waals surface area contributed by atoms with Crippen molar-refractivity contribution in [2.24, 2.45) is 0 Å². The molecule has 0 bridgehead atoms. The standard InChI is InChI=1S/C17H9N3O4/c21-16-11-3-1-2-4-12(11)17(22)19(16)14-5-6-15(20(23)24)10-7-8-18-9-13(10)14/h1-9H. The average molecular weight is 319 g/mol. The molecule has 116 valence electrons. The summed E-state index contributed by atoms with van der Waals surface area (Å²) in [5.41, 5.74) is 0.818. The van der Waals surface area contributed by atoms with Crippen LogP contribution < -0.4 is 4.90 Å². The van der Waals surface area contributed by atoms with Gasteiger partial charge >= 0.3 is 0 Å². The number of pyridine rings is 1. The van der Waals surface area contributed by atoms with Crippen molar-refractivity contribution in [2.45, 2.75) is 0 Å². The summed E-state index contributed by atoms with van der Waals surface area (Å²) in [6.45, 7) is 0. The molecule has 0 saturated carbocycles. The Hall–Kier alpha value is -3.61. The molecule has 24 heavy (non-hydrogen) atoms. The van der Waals surface area contributed by atoms with Crippen molar-refractivity contribution in [3.63, 3.8) is 0 Å². The molecule has 3 aromatic rings. The highest BCUT2D eigenvalue weighted by Gasteiger charge is 2.37. The van der Waals surface area contributed by atoms with Crippen LogP contribution in [0.5, 0.6) is 0 Å². The van der Waals surface area contributed by atoms with E-state index < -0.39 is 16.7 Å². The molecule has 7 heteroatoms. The van der Waals surface area contributed by atoms with Crippen LogP contribution in [0.2, 0.25) is 0 Å². The lowest BCUT2D eigenvalue weighted by molar-refractivity contribution is -0.383. The van der Waals surface area contributed by atoms with Crippen LogP contribution in [0.1, 0.15) is 20.7 Å². The smallest absolute Gasteiger partial charge is 0.268 e. The number of carbonyl (C=O) groups excluding carboxylic acids is 2. The fourth-order valence-corrected chi connectivity index (χ4v) is 2.92. The summed E-state index contributed by atoms with van der Waals surface area (Å²) in [7, 11) is 0. The molecular formula is C17H9N3O4. The Morgan fingerprint density at radius 1 is 0.917 bits per heavy atom. The van der Waals surface area contributed by atoms with Crippen LogP contribution in [0.4, 0.5) is 11.4 Å². The van der Waals surface area contributed by atoms with E-state index in [2.05, 4.69) is 4.98 Å². The molecule has 2 heterocycles. The first-order chi connectivity index (χ1) is 11.6. The molecule has 2 aromatic carbocycles. The summed E-state index contributed by atoms with van der Waals surface area (Å²) in [6, 6.07) is 10.7. The molecule has 0 atom stereocenters. The first-order valence-corrected chi connectivity index (χ1v) is 7.08. The van der Waals surface area contributed by atoms with E-state index in [1.54, 1.807) is 24.3 Å². The zero-order valence-corrected chi connectivity index (χ0v) is 12.2. The topological polar surface area (TPSA) is 93.4 Å². The number of nitrogens with zero attached hydrogens (tertiary/aromatic N) is 3. The molecular weight excluding hydrogens is 310 g/mol. The molecule has 0 aliphatic carbocycles. The van der Waals surface area contributed by atoms with Gasteiger partial charge in [-0.25, -0.2) is 4.90 Å². The molecule has 4 rings (SSSR count). The number of amides is 2. The van der Waals surface area contributed by atoms with E-state index >= 15 is 0 Å². The SMILES string of the molecule is O=C1c2ccccc2C(=O)N1c1ccc([N+](=O)[O-])c2ccncc12. The summed E-state index contributed by atoms with van der Waals surface area (Å²) in [5, 5.41) is 11.9. The van der Waals surface area contributed by atoms with Crippen LogP contribution >= 0.6 is 0 Å². The third-order valence-corrected chi connectivity index (χ3v) is 4.00. The molecule has 0 radical (unpaired) electrons. The van der Waals surface area contributed by atoms with Gasteiger partial charge in [0.25, 0.3) is 17.5 Å². The maximum atomic E-state index is 12.6. The average Bonchev–Trinajstić information content (AvgIpc) is 2.85. The summed E-state index contributed by atoms with van der Waals surface area (Å²) in [5.74, 6) is -0.899. The van der Waals surface area contributed by atoms with Gasteiger partial charge in [0, 0.05) is 23.8 Å². The van der Waals surface area contributed by atoms with Crippen molar-refractivity contribution < 1.29 is 14.5 Å². The van der Waals surface area contributed by atoms with Crippen LogP contribution in [-0.4, -0.2) is 21.7 Å². The monoisotopic (exact) mass is 319 g/mol. The summed E-state index contributed by atoms with van der Waals surface area (Å²) >= 11 is 0. The summed E-state index contributed by atoms with van der Waals surface area (Å²) in [6.07, 6.45) is 2.85. The van der Waals surface area contributed by atoms with Crippen molar-refractivity contribution in [3.8, 4) is 0 Å². The van der Waals surface area contributed by atoms with Gasteiger partial charge in [0.05, 0.1) is 27.1 Å². The molecule has 1 aliphatic rings. The number of anilines is 1. The predicted octanol–water partition coefficient (Wildman–Crippen LogP) is 2.94. The first kappa shape index (κ1) is 14.0. The Kier molecular flexibility index (Phi) is 2.89. The Balaban J connectivity index is 1.96. The third-order valence-electron chi connectivity index (χ3n) is 4.00. The van der Waals surface area contributed by atoms with E-state index in [1.165, 1.54) is 30.6 Å². The highest BCUT2D eigenvalue weighted by Crippen LogP contribution is 2.36. The highest BCUT2D eigenvalue weighted by atomic mass is 16.6. The first-order valence-electron chi connectivity index (χ1n) is 7.08. The number of hydrogen-bond donors (Lipinski definition) is 0. The number of imide groups is 1. The number of fused-ring (bicyclic) bond motifs is 2. The van der Waals surface area contributed by atoms with Gasteiger partial charge in [-0.05, 0) is 24.3 Å². The normalized spacial score (nSPS) is 13.4. The van der Waals surface area contributed by atoms with Crippen molar-refractivity contribution >= 4 is 34.0 Å². The molecule has 2 amide bonds. The minimum absolute atomic E-state index is 0.104. The second-order valence-electron chi connectivity index (χ2n) is 5.27. The van der Waals surface area contributed by atoms with E-state index in [1.807, 2.05) is 0 Å². The minimum Gasteiger partial charge on any atom is -0.268 e. The predicted molar refractivity (Wildman–Crippen MR) is 86.0 cm³/mol. The third kappa shape index (κ3) is 1.81. The Labute approximate surface area is 135 Å². The second kappa shape index (κ2) is 4.95. The van der Waals surface area contributed by atoms with Crippen LogP contribution in [0.25, 0.3) is 10.8 Å². The lowest BCUT2D eigenvalue weighted by Gasteiger charge is -2.16. The number of nitro groups is 1. The molecule has 0 spiro atoms. The van der Waals surface area contributed by atoms with Gasteiger partial charge in [-0.2, -0.15) is 0 Å².